The minimum absolute atomic E-state index is 0.141. The molecule has 1 aromatic rings. The summed E-state index contributed by atoms with van der Waals surface area (Å²) in [7, 11) is -3.18. The Hall–Kier alpha value is -1.31. The minimum Gasteiger partial charge on any atom is -0.331 e. The van der Waals surface area contributed by atoms with Gasteiger partial charge in [-0.2, -0.15) is 4.31 Å². The van der Waals surface area contributed by atoms with Gasteiger partial charge in [0, 0.05) is 31.2 Å². The van der Waals surface area contributed by atoms with Crippen molar-refractivity contribution in [2.45, 2.75) is 13.0 Å². The van der Waals surface area contributed by atoms with Gasteiger partial charge in [0.05, 0.1) is 12.3 Å². The molecule has 1 fully saturated rings. The third-order valence-corrected chi connectivity index (χ3v) is 5.26. The van der Waals surface area contributed by atoms with Crippen LogP contribution in [0.5, 0.6) is 0 Å². The van der Waals surface area contributed by atoms with Crippen molar-refractivity contribution in [3.8, 4) is 0 Å². The topological polar surface area (TPSA) is 69.7 Å². The number of benzene rings is 1. The Morgan fingerprint density at radius 3 is 2.23 bits per heavy atom. The van der Waals surface area contributed by atoms with Gasteiger partial charge in [0.25, 0.3) is 0 Å². The van der Waals surface area contributed by atoms with Crippen LogP contribution in [0.25, 0.3) is 0 Å². The molecular weight excluding hydrogens is 326 g/mol. The SMILES string of the molecule is CC(NC(=O)N1CCN(S(C)(=O)=O)CC1)c1ccc(Cl)cc1. The van der Waals surface area contributed by atoms with Crippen LogP contribution in [0.4, 0.5) is 4.79 Å². The summed E-state index contributed by atoms with van der Waals surface area (Å²) >= 11 is 5.84. The van der Waals surface area contributed by atoms with E-state index < -0.39 is 10.0 Å². The molecule has 2 amide bonds. The normalized spacial score (nSPS) is 18.0. The fourth-order valence-electron chi connectivity index (χ4n) is 2.33. The number of sulfonamides is 1. The Morgan fingerprint density at radius 1 is 1.18 bits per heavy atom. The summed E-state index contributed by atoms with van der Waals surface area (Å²) in [6.07, 6.45) is 1.19. The average Bonchev–Trinajstić information content (AvgIpc) is 2.47. The first-order chi connectivity index (χ1) is 10.3. The molecule has 1 atom stereocenters. The number of hydrogen-bond acceptors (Lipinski definition) is 3. The first kappa shape index (κ1) is 17.1. The van der Waals surface area contributed by atoms with Crippen LogP contribution >= 0.6 is 11.6 Å². The smallest absolute Gasteiger partial charge is 0.317 e. The molecule has 8 heteroatoms. The zero-order chi connectivity index (χ0) is 16.3. The van der Waals surface area contributed by atoms with E-state index in [0.29, 0.717) is 31.2 Å². The zero-order valence-corrected chi connectivity index (χ0v) is 14.2. The highest BCUT2D eigenvalue weighted by atomic mass is 35.5. The second-order valence-corrected chi connectivity index (χ2v) is 7.79. The third kappa shape index (κ3) is 4.34. The van der Waals surface area contributed by atoms with E-state index in [2.05, 4.69) is 5.32 Å². The van der Waals surface area contributed by atoms with Gasteiger partial charge in [0.2, 0.25) is 10.0 Å². The summed E-state index contributed by atoms with van der Waals surface area (Å²) in [6.45, 7) is 3.36. The van der Waals surface area contributed by atoms with E-state index in [1.165, 1.54) is 10.6 Å². The number of piperazine rings is 1. The average molecular weight is 346 g/mol. The lowest BCUT2D eigenvalue weighted by molar-refractivity contribution is 0.170. The van der Waals surface area contributed by atoms with Crippen molar-refractivity contribution < 1.29 is 13.2 Å². The molecule has 22 heavy (non-hydrogen) atoms. The standard InChI is InChI=1S/C14H20ClN3O3S/c1-11(12-3-5-13(15)6-4-12)16-14(19)17-7-9-18(10-8-17)22(2,20)21/h3-6,11H,7-10H2,1-2H3,(H,16,19). The van der Waals surface area contributed by atoms with E-state index in [1.807, 2.05) is 19.1 Å². The molecule has 1 aliphatic rings. The maximum absolute atomic E-state index is 12.2. The van der Waals surface area contributed by atoms with Gasteiger partial charge in [-0.3, -0.25) is 0 Å². The number of rotatable bonds is 3. The monoisotopic (exact) mass is 345 g/mol. The van der Waals surface area contributed by atoms with Gasteiger partial charge in [-0.05, 0) is 24.6 Å². The molecule has 1 aromatic carbocycles. The van der Waals surface area contributed by atoms with Gasteiger partial charge in [-0.15, -0.1) is 0 Å². The van der Waals surface area contributed by atoms with E-state index in [1.54, 1.807) is 17.0 Å². The zero-order valence-electron chi connectivity index (χ0n) is 12.6. The molecular formula is C14H20ClN3O3S. The molecule has 1 heterocycles. The van der Waals surface area contributed by atoms with E-state index >= 15 is 0 Å². The fourth-order valence-corrected chi connectivity index (χ4v) is 3.29. The highest BCUT2D eigenvalue weighted by Gasteiger charge is 2.26. The highest BCUT2D eigenvalue weighted by molar-refractivity contribution is 7.88. The summed E-state index contributed by atoms with van der Waals surface area (Å²) in [5.41, 5.74) is 0.965. The molecule has 1 aliphatic heterocycles. The van der Waals surface area contributed by atoms with Crippen molar-refractivity contribution in [2.24, 2.45) is 0 Å². The van der Waals surface area contributed by atoms with Gasteiger partial charge in [-0.25, -0.2) is 13.2 Å². The molecule has 0 aliphatic carbocycles. The maximum Gasteiger partial charge on any atom is 0.317 e. The molecule has 0 radical (unpaired) electrons. The second-order valence-electron chi connectivity index (χ2n) is 5.37. The molecule has 0 bridgehead atoms. The summed E-state index contributed by atoms with van der Waals surface area (Å²) in [4.78, 5) is 13.9. The van der Waals surface area contributed by atoms with Crippen molar-refractivity contribution >= 4 is 27.7 Å². The van der Waals surface area contributed by atoms with Crippen LogP contribution in [-0.2, 0) is 10.0 Å². The van der Waals surface area contributed by atoms with Gasteiger partial charge in [0.1, 0.15) is 0 Å². The lowest BCUT2D eigenvalue weighted by Crippen LogP contribution is -2.53. The predicted molar refractivity (Wildman–Crippen MR) is 86.4 cm³/mol. The summed E-state index contributed by atoms with van der Waals surface area (Å²) in [6, 6.07) is 6.98. The van der Waals surface area contributed by atoms with Crippen molar-refractivity contribution in [1.29, 1.82) is 0 Å². The Bertz CT molecular complexity index is 625. The number of urea groups is 1. The quantitative estimate of drug-likeness (QED) is 0.906. The second kappa shape index (κ2) is 6.85. The molecule has 1 saturated heterocycles. The Morgan fingerprint density at radius 2 is 1.73 bits per heavy atom. The Balaban J connectivity index is 1.89. The fraction of sp³-hybridized carbons (Fsp3) is 0.500. The van der Waals surface area contributed by atoms with Crippen LogP contribution in [-0.4, -0.2) is 56.1 Å². The first-order valence-corrected chi connectivity index (χ1v) is 9.26. The first-order valence-electron chi connectivity index (χ1n) is 7.03. The molecule has 0 aromatic heterocycles. The Labute approximate surface area is 136 Å². The third-order valence-electron chi connectivity index (χ3n) is 3.70. The van der Waals surface area contributed by atoms with Crippen LogP contribution in [0.15, 0.2) is 24.3 Å². The minimum atomic E-state index is -3.18. The van der Waals surface area contributed by atoms with E-state index in [-0.39, 0.29) is 12.1 Å². The number of amides is 2. The van der Waals surface area contributed by atoms with E-state index in [4.69, 9.17) is 11.6 Å². The summed E-state index contributed by atoms with van der Waals surface area (Å²) in [5, 5.41) is 3.57. The molecule has 1 N–H and O–H groups in total. The lowest BCUT2D eigenvalue weighted by atomic mass is 10.1. The molecule has 2 rings (SSSR count). The van der Waals surface area contributed by atoms with Crippen LogP contribution < -0.4 is 5.32 Å². The highest BCUT2D eigenvalue weighted by Crippen LogP contribution is 2.16. The van der Waals surface area contributed by atoms with Gasteiger partial charge < -0.3 is 10.2 Å². The molecule has 122 valence electrons. The molecule has 1 unspecified atom stereocenters. The number of nitrogens with one attached hydrogen (secondary N) is 1. The van der Waals surface area contributed by atoms with E-state index in [0.717, 1.165) is 5.56 Å². The van der Waals surface area contributed by atoms with Gasteiger partial charge >= 0.3 is 6.03 Å². The van der Waals surface area contributed by atoms with Gasteiger partial charge in [-0.1, -0.05) is 23.7 Å². The van der Waals surface area contributed by atoms with Crippen molar-refractivity contribution in [1.82, 2.24) is 14.5 Å². The number of nitrogens with zero attached hydrogens (tertiary/aromatic N) is 2. The van der Waals surface area contributed by atoms with E-state index in [9.17, 15) is 13.2 Å². The lowest BCUT2D eigenvalue weighted by Gasteiger charge is -2.34. The predicted octanol–water partition coefficient (Wildman–Crippen LogP) is 1.69. The number of carbonyl (C=O) groups excluding carboxylic acids is 1. The number of carbonyl (C=O) groups is 1. The molecule has 0 saturated carbocycles. The van der Waals surface area contributed by atoms with Crippen LogP contribution in [0.2, 0.25) is 5.02 Å². The number of halogens is 1. The largest absolute Gasteiger partial charge is 0.331 e. The summed E-state index contributed by atoms with van der Waals surface area (Å²) < 4.78 is 24.3. The van der Waals surface area contributed by atoms with Gasteiger partial charge in [0.15, 0.2) is 0 Å². The maximum atomic E-state index is 12.2. The van der Waals surface area contributed by atoms with Crippen molar-refractivity contribution in [3.63, 3.8) is 0 Å². The van der Waals surface area contributed by atoms with Crippen LogP contribution in [0.1, 0.15) is 18.5 Å². The molecule has 0 spiro atoms. The molecule has 6 nitrogen and oxygen atoms in total. The van der Waals surface area contributed by atoms with Crippen LogP contribution in [0.3, 0.4) is 0 Å². The van der Waals surface area contributed by atoms with Crippen molar-refractivity contribution in [2.75, 3.05) is 32.4 Å². The summed E-state index contributed by atoms with van der Waals surface area (Å²) in [5.74, 6) is 0. The van der Waals surface area contributed by atoms with Crippen LogP contribution in [0, 0.1) is 0 Å². The number of hydrogen-bond donors (Lipinski definition) is 1. The Kier molecular flexibility index (Phi) is 5.31. The van der Waals surface area contributed by atoms with Crippen molar-refractivity contribution in [3.05, 3.63) is 34.9 Å².